The van der Waals surface area contributed by atoms with E-state index in [1.165, 1.54) is 10.5 Å². The molecule has 0 spiro atoms. The molecule has 2 aliphatic heterocycles. The third-order valence-electron chi connectivity index (χ3n) is 7.04. The van der Waals surface area contributed by atoms with Crippen LogP contribution < -0.4 is 5.32 Å². The minimum Gasteiger partial charge on any atom is -0.322 e. The fraction of sp³-hybridized carbons (Fsp3) is 0.500. The first-order chi connectivity index (χ1) is 15.0. The zero-order chi connectivity index (χ0) is 21.4. The highest BCUT2D eigenvalue weighted by molar-refractivity contribution is 7.07. The lowest BCUT2D eigenvalue weighted by molar-refractivity contribution is -0.134. The number of nitrogens with one attached hydrogen (secondary N) is 1. The topological polar surface area (TPSA) is 52.7 Å². The number of rotatable bonds is 7. The summed E-state index contributed by atoms with van der Waals surface area (Å²) >= 11 is 8.20. The molecule has 1 atom stereocenters. The Morgan fingerprint density at radius 1 is 1.10 bits per heavy atom. The number of hydrogen-bond donors (Lipinski definition) is 1. The van der Waals surface area contributed by atoms with Crippen LogP contribution in [0.3, 0.4) is 0 Å². The van der Waals surface area contributed by atoms with E-state index < -0.39 is 5.54 Å². The smallest absolute Gasteiger partial charge is 0.322 e. The Bertz CT molecular complexity index is 953. The average Bonchev–Trinajstić information content (AvgIpc) is 3.39. The van der Waals surface area contributed by atoms with E-state index in [1.807, 2.05) is 24.3 Å². The van der Waals surface area contributed by atoms with Crippen molar-refractivity contribution in [1.29, 1.82) is 0 Å². The van der Waals surface area contributed by atoms with Gasteiger partial charge in [0, 0.05) is 24.5 Å². The number of likely N-dealkylation sites (tertiary alicyclic amines) is 1. The van der Waals surface area contributed by atoms with Gasteiger partial charge in [0.25, 0.3) is 5.91 Å². The molecule has 31 heavy (non-hydrogen) atoms. The van der Waals surface area contributed by atoms with E-state index in [2.05, 4.69) is 27.0 Å². The first-order valence-corrected chi connectivity index (χ1v) is 12.5. The molecule has 1 N–H and O–H groups in total. The highest BCUT2D eigenvalue weighted by atomic mass is 35.5. The van der Waals surface area contributed by atoms with Gasteiger partial charge in [0.1, 0.15) is 5.54 Å². The second-order valence-electron chi connectivity index (χ2n) is 9.21. The predicted octanol–water partition coefficient (Wildman–Crippen LogP) is 4.56. The van der Waals surface area contributed by atoms with Gasteiger partial charge < -0.3 is 5.32 Å². The molecule has 3 amide bonds. The molecule has 0 unspecified atom stereocenters. The molecular formula is C24H28ClN3O2S. The number of thiophene rings is 1. The summed E-state index contributed by atoms with van der Waals surface area (Å²) in [7, 11) is 0. The monoisotopic (exact) mass is 457 g/mol. The van der Waals surface area contributed by atoms with Gasteiger partial charge in [-0.1, -0.05) is 29.8 Å². The maximum Gasteiger partial charge on any atom is 0.325 e. The number of urea groups is 1. The molecule has 3 fully saturated rings. The van der Waals surface area contributed by atoms with Crippen molar-refractivity contribution in [1.82, 2.24) is 15.1 Å². The van der Waals surface area contributed by atoms with E-state index in [-0.39, 0.29) is 17.9 Å². The molecule has 164 valence electrons. The van der Waals surface area contributed by atoms with E-state index in [0.29, 0.717) is 23.9 Å². The fourth-order valence-electron chi connectivity index (χ4n) is 5.08. The first kappa shape index (κ1) is 21.0. The third kappa shape index (κ3) is 4.26. The molecule has 2 aromatic rings. The van der Waals surface area contributed by atoms with Crippen molar-refractivity contribution in [3.63, 3.8) is 0 Å². The number of imide groups is 1. The zero-order valence-corrected chi connectivity index (χ0v) is 19.1. The summed E-state index contributed by atoms with van der Waals surface area (Å²) in [4.78, 5) is 30.6. The van der Waals surface area contributed by atoms with E-state index >= 15 is 0 Å². The van der Waals surface area contributed by atoms with Crippen molar-refractivity contribution < 1.29 is 9.59 Å². The molecule has 1 aromatic carbocycles. The molecular weight excluding hydrogens is 430 g/mol. The fourth-order valence-corrected chi connectivity index (χ4v) is 5.94. The van der Waals surface area contributed by atoms with E-state index in [9.17, 15) is 9.59 Å². The Kier molecular flexibility index (Phi) is 5.80. The minimum absolute atomic E-state index is 0.0550. The van der Waals surface area contributed by atoms with Crippen LogP contribution in [0.15, 0.2) is 41.1 Å². The van der Waals surface area contributed by atoms with Crippen LogP contribution in [0.4, 0.5) is 4.79 Å². The van der Waals surface area contributed by atoms with Crippen molar-refractivity contribution >= 4 is 34.9 Å². The van der Waals surface area contributed by atoms with Crippen molar-refractivity contribution in [2.75, 3.05) is 19.6 Å². The number of benzene rings is 1. The number of amides is 3. The van der Waals surface area contributed by atoms with Crippen LogP contribution in [0.1, 0.15) is 36.8 Å². The summed E-state index contributed by atoms with van der Waals surface area (Å²) in [5.74, 6) is 0.516. The van der Waals surface area contributed by atoms with Crippen LogP contribution in [0, 0.1) is 11.8 Å². The standard InChI is InChI=1S/C24H28ClN3O2S/c25-21-4-2-1-3-19(21)13-24(22(29)28(23(30)26-24)15-17-5-6-17)20-7-10-27(11-8-20)14-18-9-12-31-16-18/h1-4,9,12,16-17,20H,5-8,10-11,13-15H2,(H,26,30)/t24-/m0/s1. The number of piperidine rings is 1. The van der Waals surface area contributed by atoms with E-state index in [0.717, 1.165) is 50.9 Å². The van der Waals surface area contributed by atoms with Crippen LogP contribution in [-0.4, -0.2) is 46.9 Å². The Labute approximate surface area is 192 Å². The summed E-state index contributed by atoms with van der Waals surface area (Å²) in [6, 6.07) is 9.62. The van der Waals surface area contributed by atoms with Gasteiger partial charge in [0.2, 0.25) is 0 Å². The van der Waals surface area contributed by atoms with Crippen molar-refractivity contribution in [2.24, 2.45) is 11.8 Å². The highest BCUT2D eigenvalue weighted by Gasteiger charge is 2.56. The van der Waals surface area contributed by atoms with Crippen LogP contribution in [-0.2, 0) is 17.8 Å². The molecule has 5 rings (SSSR count). The van der Waals surface area contributed by atoms with E-state index in [4.69, 9.17) is 11.6 Å². The molecule has 1 saturated carbocycles. The highest BCUT2D eigenvalue weighted by Crippen LogP contribution is 2.39. The number of carbonyl (C=O) groups is 2. The second kappa shape index (κ2) is 8.57. The largest absolute Gasteiger partial charge is 0.325 e. The van der Waals surface area contributed by atoms with Gasteiger partial charge >= 0.3 is 6.03 Å². The van der Waals surface area contributed by atoms with Gasteiger partial charge in [-0.15, -0.1) is 0 Å². The molecule has 5 nitrogen and oxygen atoms in total. The Morgan fingerprint density at radius 3 is 2.55 bits per heavy atom. The number of carbonyl (C=O) groups excluding carboxylic acids is 2. The van der Waals surface area contributed by atoms with Gasteiger partial charge in [-0.05, 0) is 84.6 Å². The lowest BCUT2D eigenvalue weighted by atomic mass is 9.74. The van der Waals surface area contributed by atoms with Crippen LogP contribution in [0.25, 0.3) is 0 Å². The maximum absolute atomic E-state index is 13.7. The summed E-state index contributed by atoms with van der Waals surface area (Å²) in [6.45, 7) is 3.35. The molecule has 7 heteroatoms. The normalized spacial score (nSPS) is 25.3. The van der Waals surface area contributed by atoms with Gasteiger partial charge in [-0.2, -0.15) is 11.3 Å². The van der Waals surface area contributed by atoms with Crippen LogP contribution >= 0.6 is 22.9 Å². The lowest BCUT2D eigenvalue weighted by Crippen LogP contribution is -2.57. The van der Waals surface area contributed by atoms with Crippen molar-refractivity contribution in [3.05, 3.63) is 57.2 Å². The van der Waals surface area contributed by atoms with Crippen LogP contribution in [0.2, 0.25) is 5.02 Å². The number of nitrogens with zero attached hydrogens (tertiary/aromatic N) is 2. The molecule has 2 saturated heterocycles. The van der Waals surface area contributed by atoms with Crippen LogP contribution in [0.5, 0.6) is 0 Å². The summed E-state index contributed by atoms with van der Waals surface area (Å²) in [6.07, 6.45) is 4.44. The van der Waals surface area contributed by atoms with Gasteiger partial charge in [-0.3, -0.25) is 14.6 Å². The van der Waals surface area contributed by atoms with E-state index in [1.54, 1.807) is 11.3 Å². The average molecular weight is 458 g/mol. The quantitative estimate of drug-likeness (QED) is 0.620. The first-order valence-electron chi connectivity index (χ1n) is 11.2. The number of halogens is 1. The Morgan fingerprint density at radius 2 is 1.87 bits per heavy atom. The minimum atomic E-state index is -0.897. The molecule has 0 bridgehead atoms. The Balaban J connectivity index is 1.37. The lowest BCUT2D eigenvalue weighted by Gasteiger charge is -2.41. The Hall–Kier alpha value is -1.89. The summed E-state index contributed by atoms with van der Waals surface area (Å²) in [5, 5.41) is 8.13. The maximum atomic E-state index is 13.7. The predicted molar refractivity (Wildman–Crippen MR) is 123 cm³/mol. The number of hydrogen-bond acceptors (Lipinski definition) is 4. The molecule has 1 aromatic heterocycles. The molecule has 1 aliphatic carbocycles. The summed E-state index contributed by atoms with van der Waals surface area (Å²) < 4.78 is 0. The van der Waals surface area contributed by atoms with Crippen molar-refractivity contribution in [2.45, 2.75) is 44.2 Å². The summed E-state index contributed by atoms with van der Waals surface area (Å²) in [5.41, 5.74) is 1.37. The molecule has 3 aliphatic rings. The van der Waals surface area contributed by atoms with Gasteiger partial charge in [-0.25, -0.2) is 4.79 Å². The molecule has 0 radical (unpaired) electrons. The SMILES string of the molecule is O=C1N[C@@](Cc2ccccc2Cl)(C2CCN(Cc3ccsc3)CC2)C(=O)N1CC1CC1. The molecule has 3 heterocycles. The van der Waals surface area contributed by atoms with Gasteiger partial charge in [0.15, 0.2) is 0 Å². The zero-order valence-electron chi connectivity index (χ0n) is 17.6. The van der Waals surface area contributed by atoms with Crippen molar-refractivity contribution in [3.8, 4) is 0 Å². The van der Waals surface area contributed by atoms with Gasteiger partial charge in [0.05, 0.1) is 0 Å². The second-order valence-corrected chi connectivity index (χ2v) is 10.4. The third-order valence-corrected chi connectivity index (χ3v) is 8.14.